The third kappa shape index (κ3) is 6.08. The molecule has 2 N–H and O–H groups in total. The fraction of sp³-hybridized carbons (Fsp3) is 0.312. The molecule has 23 heavy (non-hydrogen) atoms. The van der Waals surface area contributed by atoms with Gasteiger partial charge in [0.1, 0.15) is 17.2 Å². The Morgan fingerprint density at radius 2 is 2.13 bits per heavy atom. The lowest BCUT2D eigenvalue weighted by molar-refractivity contribution is -0.118. The quantitative estimate of drug-likeness (QED) is 0.564. The third-order valence-electron chi connectivity index (χ3n) is 2.98. The van der Waals surface area contributed by atoms with Crippen LogP contribution < -0.4 is 10.6 Å². The van der Waals surface area contributed by atoms with Crippen molar-refractivity contribution in [1.82, 2.24) is 15.3 Å². The van der Waals surface area contributed by atoms with Gasteiger partial charge in [0.2, 0.25) is 5.91 Å². The van der Waals surface area contributed by atoms with Crippen LogP contribution in [0, 0.1) is 0 Å². The number of anilines is 1. The predicted molar refractivity (Wildman–Crippen MR) is 94.8 cm³/mol. The Kier molecular flexibility index (Phi) is 7.16. The minimum Gasteiger partial charge on any atom is -0.366 e. The summed E-state index contributed by atoms with van der Waals surface area (Å²) in [4.78, 5) is 20.0. The van der Waals surface area contributed by atoms with Gasteiger partial charge in [-0.1, -0.05) is 48.5 Å². The molecule has 0 aliphatic carbocycles. The number of thioether (sulfide) groups is 1. The van der Waals surface area contributed by atoms with Crippen molar-refractivity contribution >= 4 is 35.1 Å². The molecule has 0 spiro atoms. The van der Waals surface area contributed by atoms with E-state index in [2.05, 4.69) is 20.6 Å². The van der Waals surface area contributed by atoms with Crippen molar-refractivity contribution in [3.63, 3.8) is 0 Å². The van der Waals surface area contributed by atoms with Crippen molar-refractivity contribution in [3.05, 3.63) is 47.2 Å². The first-order valence-corrected chi connectivity index (χ1v) is 8.74. The lowest BCUT2D eigenvalue weighted by Crippen LogP contribution is -2.25. The van der Waals surface area contributed by atoms with Crippen LogP contribution in [0.5, 0.6) is 0 Å². The van der Waals surface area contributed by atoms with Gasteiger partial charge in [0.05, 0.1) is 5.75 Å². The second-order valence-corrected chi connectivity index (χ2v) is 6.23. The van der Waals surface area contributed by atoms with Gasteiger partial charge in [0.15, 0.2) is 0 Å². The molecule has 2 aromatic rings. The van der Waals surface area contributed by atoms with Gasteiger partial charge in [-0.2, -0.15) is 0 Å². The maximum absolute atomic E-state index is 11.6. The summed E-state index contributed by atoms with van der Waals surface area (Å²) >= 11 is 7.52. The number of halogens is 1. The van der Waals surface area contributed by atoms with Gasteiger partial charge in [-0.3, -0.25) is 4.79 Å². The summed E-state index contributed by atoms with van der Waals surface area (Å²) in [7, 11) is 0. The summed E-state index contributed by atoms with van der Waals surface area (Å²) in [5, 5.41) is 7.53. The van der Waals surface area contributed by atoms with Gasteiger partial charge in [-0.15, -0.1) is 0 Å². The smallest absolute Gasteiger partial charge is 0.230 e. The van der Waals surface area contributed by atoms with Gasteiger partial charge in [-0.25, -0.2) is 9.97 Å². The molecule has 0 radical (unpaired) electrons. The summed E-state index contributed by atoms with van der Waals surface area (Å²) in [5.74, 6) is 1.07. The number of benzene rings is 1. The Bertz CT molecular complexity index is 653. The number of aromatic nitrogens is 2. The number of rotatable bonds is 8. The first kappa shape index (κ1) is 17.6. The number of hydrogen-bond acceptors (Lipinski definition) is 5. The van der Waals surface area contributed by atoms with E-state index in [1.807, 2.05) is 37.3 Å². The van der Waals surface area contributed by atoms with E-state index in [1.54, 1.807) is 0 Å². The van der Waals surface area contributed by atoms with Crippen molar-refractivity contribution in [2.75, 3.05) is 17.6 Å². The molecule has 1 heterocycles. The molecular formula is C16H19ClN4OS. The Balaban J connectivity index is 1.87. The average molecular weight is 351 g/mol. The van der Waals surface area contributed by atoms with E-state index in [0.717, 1.165) is 22.0 Å². The molecule has 1 aromatic heterocycles. The SMILES string of the molecule is CCCNC(=O)CSc1cc(NCc2ccccc2Cl)ncn1. The molecule has 0 fully saturated rings. The third-order valence-corrected chi connectivity index (χ3v) is 4.28. The standard InChI is InChI=1S/C16H19ClN4OS/c1-2-7-18-15(22)10-23-16-8-14(20-11-21-16)19-9-12-5-3-4-6-13(12)17/h3-6,8,11H,2,7,9-10H2,1H3,(H,18,22)(H,19,20,21). The number of carbonyl (C=O) groups is 1. The highest BCUT2D eigenvalue weighted by atomic mass is 35.5. The highest BCUT2D eigenvalue weighted by molar-refractivity contribution is 7.99. The van der Waals surface area contributed by atoms with Crippen LogP contribution in [0.2, 0.25) is 5.02 Å². The minimum absolute atomic E-state index is 0.0149. The molecule has 0 aliphatic heterocycles. The van der Waals surface area contributed by atoms with Crippen LogP contribution in [-0.4, -0.2) is 28.2 Å². The van der Waals surface area contributed by atoms with Crippen molar-refractivity contribution in [2.45, 2.75) is 24.9 Å². The fourth-order valence-electron chi connectivity index (χ4n) is 1.80. The van der Waals surface area contributed by atoms with Crippen molar-refractivity contribution < 1.29 is 4.79 Å². The van der Waals surface area contributed by atoms with E-state index >= 15 is 0 Å². The number of hydrogen-bond donors (Lipinski definition) is 2. The Morgan fingerprint density at radius 3 is 2.91 bits per heavy atom. The van der Waals surface area contributed by atoms with Gasteiger partial charge < -0.3 is 10.6 Å². The summed E-state index contributed by atoms with van der Waals surface area (Å²) in [6.45, 7) is 3.31. The zero-order valence-corrected chi connectivity index (χ0v) is 14.5. The van der Waals surface area contributed by atoms with Gasteiger partial charge >= 0.3 is 0 Å². The molecule has 0 bridgehead atoms. The Morgan fingerprint density at radius 1 is 1.30 bits per heavy atom. The zero-order valence-electron chi connectivity index (χ0n) is 12.9. The van der Waals surface area contributed by atoms with Crippen LogP contribution in [0.3, 0.4) is 0 Å². The average Bonchev–Trinajstić information content (AvgIpc) is 2.58. The van der Waals surface area contributed by atoms with Crippen molar-refractivity contribution in [1.29, 1.82) is 0 Å². The van der Waals surface area contributed by atoms with Crippen LogP contribution in [0.1, 0.15) is 18.9 Å². The summed E-state index contributed by atoms with van der Waals surface area (Å²) in [5.41, 5.74) is 1.00. The molecule has 2 rings (SSSR count). The predicted octanol–water partition coefficient (Wildman–Crippen LogP) is 3.36. The summed E-state index contributed by atoms with van der Waals surface area (Å²) < 4.78 is 0. The molecule has 0 atom stereocenters. The number of nitrogens with one attached hydrogen (secondary N) is 2. The first-order chi connectivity index (χ1) is 11.2. The zero-order chi connectivity index (χ0) is 16.5. The molecule has 0 saturated carbocycles. The first-order valence-electron chi connectivity index (χ1n) is 7.38. The van der Waals surface area contributed by atoms with E-state index in [9.17, 15) is 4.79 Å². The highest BCUT2D eigenvalue weighted by Gasteiger charge is 2.05. The summed E-state index contributed by atoms with van der Waals surface area (Å²) in [6.07, 6.45) is 2.42. The molecule has 1 aromatic carbocycles. The molecule has 0 saturated heterocycles. The van der Waals surface area contributed by atoms with E-state index in [1.165, 1.54) is 18.1 Å². The van der Waals surface area contributed by atoms with Crippen molar-refractivity contribution in [2.24, 2.45) is 0 Å². The molecule has 0 aliphatic rings. The van der Waals surface area contributed by atoms with Crippen LogP contribution in [-0.2, 0) is 11.3 Å². The maximum Gasteiger partial charge on any atom is 0.230 e. The molecular weight excluding hydrogens is 332 g/mol. The van der Waals surface area contributed by atoms with E-state index in [-0.39, 0.29) is 5.91 Å². The lowest BCUT2D eigenvalue weighted by Gasteiger charge is -2.08. The normalized spacial score (nSPS) is 10.3. The van der Waals surface area contributed by atoms with Gasteiger partial charge in [0, 0.05) is 24.2 Å². The van der Waals surface area contributed by atoms with E-state index < -0.39 is 0 Å². The molecule has 0 unspecified atom stereocenters. The second-order valence-electron chi connectivity index (χ2n) is 4.83. The fourth-order valence-corrected chi connectivity index (χ4v) is 2.70. The van der Waals surface area contributed by atoms with Crippen LogP contribution >= 0.6 is 23.4 Å². The van der Waals surface area contributed by atoms with Crippen molar-refractivity contribution in [3.8, 4) is 0 Å². The number of nitrogens with zero attached hydrogens (tertiary/aromatic N) is 2. The monoisotopic (exact) mass is 350 g/mol. The number of carbonyl (C=O) groups excluding carboxylic acids is 1. The Labute approximate surface area is 145 Å². The molecule has 7 heteroatoms. The molecule has 122 valence electrons. The molecule has 1 amide bonds. The second kappa shape index (κ2) is 9.37. The van der Waals surface area contributed by atoms with E-state index in [0.29, 0.717) is 24.7 Å². The molecule has 5 nitrogen and oxygen atoms in total. The highest BCUT2D eigenvalue weighted by Crippen LogP contribution is 2.19. The van der Waals surface area contributed by atoms with Gasteiger partial charge in [0.25, 0.3) is 0 Å². The van der Waals surface area contributed by atoms with E-state index in [4.69, 9.17) is 11.6 Å². The minimum atomic E-state index is 0.0149. The summed E-state index contributed by atoms with van der Waals surface area (Å²) in [6, 6.07) is 9.49. The Hall–Kier alpha value is -1.79. The van der Waals surface area contributed by atoms with Crippen LogP contribution in [0.25, 0.3) is 0 Å². The van der Waals surface area contributed by atoms with Gasteiger partial charge in [-0.05, 0) is 18.1 Å². The van der Waals surface area contributed by atoms with Crippen LogP contribution in [0.4, 0.5) is 5.82 Å². The number of amides is 1. The maximum atomic E-state index is 11.6. The topological polar surface area (TPSA) is 66.9 Å². The lowest BCUT2D eigenvalue weighted by atomic mass is 10.2. The largest absolute Gasteiger partial charge is 0.366 e. The van der Waals surface area contributed by atoms with Crippen LogP contribution in [0.15, 0.2) is 41.7 Å².